The molecule has 0 bridgehead atoms. The maximum absolute atomic E-state index is 12.0. The summed E-state index contributed by atoms with van der Waals surface area (Å²) in [6.45, 7) is 4.86. The Bertz CT molecular complexity index is 742. The second-order valence-corrected chi connectivity index (χ2v) is 7.23. The first-order chi connectivity index (χ1) is 14.2. The Hall–Kier alpha value is -2.69. The molecule has 5 heteroatoms. The molecule has 0 aliphatic rings. The molecule has 2 rings (SSSR count). The molecule has 0 saturated heterocycles. The van der Waals surface area contributed by atoms with Gasteiger partial charge in [0.05, 0.1) is 17.9 Å². The lowest BCUT2D eigenvalue weighted by Gasteiger charge is -2.08. The van der Waals surface area contributed by atoms with Crippen LogP contribution in [0, 0.1) is 0 Å². The van der Waals surface area contributed by atoms with E-state index in [1.807, 2.05) is 31.2 Å². The zero-order valence-corrected chi connectivity index (χ0v) is 17.7. The Labute approximate surface area is 174 Å². The lowest BCUT2D eigenvalue weighted by Crippen LogP contribution is -2.19. The maximum Gasteiger partial charge on any atom is 0.272 e. The lowest BCUT2D eigenvalue weighted by molar-refractivity contribution is 0.0954. The number of carbonyl (C=O) groups is 1. The van der Waals surface area contributed by atoms with Crippen molar-refractivity contribution < 1.29 is 9.53 Å². The first-order valence-corrected chi connectivity index (χ1v) is 10.7. The summed E-state index contributed by atoms with van der Waals surface area (Å²) >= 11 is 0. The number of pyridine rings is 1. The molecule has 2 aromatic rings. The summed E-state index contributed by atoms with van der Waals surface area (Å²) in [5.41, 5.74) is 4.71. The lowest BCUT2D eigenvalue weighted by atomic mass is 10.1. The Balaban J connectivity index is 1.67. The molecule has 0 unspecified atom stereocenters. The summed E-state index contributed by atoms with van der Waals surface area (Å²) in [6.07, 6.45) is 13.5. The molecule has 1 aromatic carbocycles. The maximum atomic E-state index is 12.0. The average Bonchev–Trinajstić information content (AvgIpc) is 2.77. The van der Waals surface area contributed by atoms with Crippen LogP contribution in [0.3, 0.4) is 0 Å². The van der Waals surface area contributed by atoms with Crippen LogP contribution in [0.1, 0.15) is 81.1 Å². The highest BCUT2D eigenvalue weighted by molar-refractivity contribution is 6.00. The van der Waals surface area contributed by atoms with Gasteiger partial charge < -0.3 is 4.74 Å². The Morgan fingerprint density at radius 1 is 0.966 bits per heavy atom. The summed E-state index contributed by atoms with van der Waals surface area (Å²) in [4.78, 5) is 15.9. The quantitative estimate of drug-likeness (QED) is 0.267. The van der Waals surface area contributed by atoms with Crippen LogP contribution in [0.15, 0.2) is 53.9 Å². The molecule has 0 fully saturated rings. The molecule has 0 atom stereocenters. The number of hydrogen-bond acceptors (Lipinski definition) is 4. The topological polar surface area (TPSA) is 63.6 Å². The van der Waals surface area contributed by atoms with Gasteiger partial charge in [-0.1, -0.05) is 51.9 Å². The van der Waals surface area contributed by atoms with E-state index in [1.165, 1.54) is 51.1 Å². The van der Waals surface area contributed by atoms with Crippen LogP contribution in [0.2, 0.25) is 0 Å². The van der Waals surface area contributed by atoms with Gasteiger partial charge in [-0.3, -0.25) is 9.78 Å². The van der Waals surface area contributed by atoms with Crippen molar-refractivity contribution in [3.63, 3.8) is 0 Å². The van der Waals surface area contributed by atoms with Crippen LogP contribution in [-0.4, -0.2) is 23.2 Å². The number of nitrogens with one attached hydrogen (secondary N) is 1. The van der Waals surface area contributed by atoms with E-state index in [2.05, 4.69) is 22.4 Å². The number of unbranched alkanes of at least 4 members (excludes halogenated alkanes) is 7. The summed E-state index contributed by atoms with van der Waals surface area (Å²) in [5, 5.41) is 4.17. The molecule has 1 N–H and O–H groups in total. The van der Waals surface area contributed by atoms with Crippen molar-refractivity contribution >= 4 is 11.6 Å². The van der Waals surface area contributed by atoms with Gasteiger partial charge in [-0.05, 0) is 55.3 Å². The van der Waals surface area contributed by atoms with E-state index in [-0.39, 0.29) is 5.91 Å². The predicted molar refractivity (Wildman–Crippen MR) is 118 cm³/mol. The van der Waals surface area contributed by atoms with Crippen molar-refractivity contribution in [2.75, 3.05) is 6.61 Å². The van der Waals surface area contributed by atoms with Gasteiger partial charge in [-0.2, -0.15) is 5.10 Å². The number of amides is 1. The van der Waals surface area contributed by atoms with Gasteiger partial charge in [0, 0.05) is 12.4 Å². The molecule has 0 saturated carbocycles. The van der Waals surface area contributed by atoms with E-state index in [0.29, 0.717) is 5.56 Å². The highest BCUT2D eigenvalue weighted by atomic mass is 16.5. The smallest absolute Gasteiger partial charge is 0.272 e. The standard InChI is InChI=1S/C24H33N3O2/c1-3-4-5-6-7-8-9-10-18-29-23-15-13-21(14-16-23)20(2)26-27-24(28)22-12-11-17-25-19-22/h11-17,19H,3-10,18H2,1-2H3,(H,27,28)/b26-20+. The third-order valence-electron chi connectivity index (χ3n) is 4.79. The fraction of sp³-hybridized carbons (Fsp3) is 0.458. The molecular formula is C24H33N3O2. The molecule has 0 aliphatic carbocycles. The van der Waals surface area contributed by atoms with Crippen LogP contribution in [-0.2, 0) is 0 Å². The second kappa shape index (κ2) is 13.5. The molecule has 1 amide bonds. The van der Waals surface area contributed by atoms with Gasteiger partial charge in [0.15, 0.2) is 0 Å². The number of nitrogens with zero attached hydrogens (tertiary/aromatic N) is 2. The highest BCUT2D eigenvalue weighted by Crippen LogP contribution is 2.14. The Morgan fingerprint density at radius 3 is 2.31 bits per heavy atom. The molecular weight excluding hydrogens is 362 g/mol. The highest BCUT2D eigenvalue weighted by Gasteiger charge is 2.04. The average molecular weight is 396 g/mol. The van der Waals surface area contributed by atoms with Gasteiger partial charge in [-0.25, -0.2) is 5.43 Å². The number of carbonyl (C=O) groups excluding carboxylic acids is 1. The van der Waals surface area contributed by atoms with Crippen molar-refractivity contribution in [2.24, 2.45) is 5.10 Å². The molecule has 5 nitrogen and oxygen atoms in total. The Morgan fingerprint density at radius 2 is 1.66 bits per heavy atom. The van der Waals surface area contributed by atoms with E-state index < -0.39 is 0 Å². The zero-order valence-electron chi connectivity index (χ0n) is 17.7. The summed E-state index contributed by atoms with van der Waals surface area (Å²) < 4.78 is 5.83. The first kappa shape index (κ1) is 22.6. The molecule has 1 heterocycles. The number of hydrazone groups is 1. The number of aromatic nitrogens is 1. The van der Waals surface area contributed by atoms with Crippen LogP contribution in [0.4, 0.5) is 0 Å². The number of benzene rings is 1. The number of ether oxygens (including phenoxy) is 1. The normalized spacial score (nSPS) is 11.3. The molecule has 0 aliphatic heterocycles. The van der Waals surface area contributed by atoms with E-state index >= 15 is 0 Å². The van der Waals surface area contributed by atoms with Crippen molar-refractivity contribution in [1.29, 1.82) is 0 Å². The fourth-order valence-electron chi connectivity index (χ4n) is 2.98. The minimum Gasteiger partial charge on any atom is -0.494 e. The van der Waals surface area contributed by atoms with Crippen LogP contribution in [0.25, 0.3) is 0 Å². The summed E-state index contributed by atoms with van der Waals surface area (Å²) in [6, 6.07) is 11.2. The third kappa shape index (κ3) is 8.90. The third-order valence-corrected chi connectivity index (χ3v) is 4.79. The van der Waals surface area contributed by atoms with Crippen LogP contribution < -0.4 is 10.2 Å². The molecule has 0 spiro atoms. The molecule has 1 aromatic heterocycles. The van der Waals surface area contributed by atoms with Crippen molar-refractivity contribution in [2.45, 2.75) is 65.2 Å². The van der Waals surface area contributed by atoms with E-state index in [0.717, 1.165) is 30.1 Å². The summed E-state index contributed by atoms with van der Waals surface area (Å²) in [5.74, 6) is 0.589. The monoisotopic (exact) mass is 395 g/mol. The molecule has 29 heavy (non-hydrogen) atoms. The van der Waals surface area contributed by atoms with Gasteiger partial charge in [-0.15, -0.1) is 0 Å². The van der Waals surface area contributed by atoms with E-state index in [4.69, 9.17) is 4.74 Å². The zero-order chi connectivity index (χ0) is 20.7. The summed E-state index contributed by atoms with van der Waals surface area (Å²) in [7, 11) is 0. The van der Waals surface area contributed by atoms with Crippen LogP contribution >= 0.6 is 0 Å². The van der Waals surface area contributed by atoms with Crippen molar-refractivity contribution in [3.05, 3.63) is 59.9 Å². The van der Waals surface area contributed by atoms with Crippen LogP contribution in [0.5, 0.6) is 5.75 Å². The van der Waals surface area contributed by atoms with E-state index in [9.17, 15) is 4.79 Å². The van der Waals surface area contributed by atoms with E-state index in [1.54, 1.807) is 18.3 Å². The predicted octanol–water partition coefficient (Wildman–Crippen LogP) is 5.76. The van der Waals surface area contributed by atoms with Crippen molar-refractivity contribution in [1.82, 2.24) is 10.4 Å². The van der Waals surface area contributed by atoms with Crippen molar-refractivity contribution in [3.8, 4) is 5.75 Å². The van der Waals surface area contributed by atoms with Gasteiger partial charge in [0.2, 0.25) is 0 Å². The number of hydrogen-bond donors (Lipinski definition) is 1. The van der Waals surface area contributed by atoms with Gasteiger partial charge in [0.25, 0.3) is 5.91 Å². The SMILES string of the molecule is CCCCCCCCCCOc1ccc(/C(C)=N/NC(=O)c2cccnc2)cc1. The Kier molecular flexibility index (Phi) is 10.5. The van der Waals surface area contributed by atoms with Gasteiger partial charge in [0.1, 0.15) is 5.75 Å². The number of rotatable bonds is 13. The second-order valence-electron chi connectivity index (χ2n) is 7.23. The minimum atomic E-state index is -0.275. The molecule has 156 valence electrons. The first-order valence-electron chi connectivity index (χ1n) is 10.7. The fourth-order valence-corrected chi connectivity index (χ4v) is 2.98. The molecule has 0 radical (unpaired) electrons. The largest absolute Gasteiger partial charge is 0.494 e. The van der Waals surface area contributed by atoms with Gasteiger partial charge >= 0.3 is 0 Å². The minimum absolute atomic E-state index is 0.275.